The van der Waals surface area contributed by atoms with Gasteiger partial charge < -0.3 is 0 Å². The molecule has 0 saturated carbocycles. The second-order valence-corrected chi connectivity index (χ2v) is 3.89. The fourth-order valence-electron chi connectivity index (χ4n) is 1.13. The van der Waals surface area contributed by atoms with Gasteiger partial charge in [-0.2, -0.15) is 10.5 Å². The molecule has 0 aliphatic rings. The summed E-state index contributed by atoms with van der Waals surface area (Å²) in [4.78, 5) is 11.7. The maximum Gasteiger partial charge on any atom is 0.195 e. The molecule has 15 heavy (non-hydrogen) atoms. The first-order valence-electron chi connectivity index (χ1n) is 4.19. The molecule has 0 bridgehead atoms. The SMILES string of the molecule is Cc1ccc(Br)c(C(=O)C(C#N)C#N)c1. The third kappa shape index (κ3) is 2.43. The van der Waals surface area contributed by atoms with Crippen LogP contribution in [0.15, 0.2) is 22.7 Å². The summed E-state index contributed by atoms with van der Waals surface area (Å²) in [7, 11) is 0. The highest BCUT2D eigenvalue weighted by Crippen LogP contribution is 2.21. The molecule has 0 radical (unpaired) electrons. The summed E-state index contributed by atoms with van der Waals surface area (Å²) in [5, 5.41) is 17.2. The Morgan fingerprint density at radius 3 is 2.53 bits per heavy atom. The fourth-order valence-corrected chi connectivity index (χ4v) is 1.57. The minimum atomic E-state index is -1.23. The van der Waals surface area contributed by atoms with E-state index in [1.807, 2.05) is 13.0 Å². The van der Waals surface area contributed by atoms with Crippen LogP contribution in [0.3, 0.4) is 0 Å². The summed E-state index contributed by atoms with van der Waals surface area (Å²) >= 11 is 3.22. The van der Waals surface area contributed by atoms with E-state index in [4.69, 9.17) is 10.5 Å². The number of aryl methyl sites for hydroxylation is 1. The van der Waals surface area contributed by atoms with Crippen molar-refractivity contribution in [3.63, 3.8) is 0 Å². The van der Waals surface area contributed by atoms with E-state index in [1.54, 1.807) is 24.3 Å². The number of benzene rings is 1. The lowest BCUT2D eigenvalue weighted by Crippen LogP contribution is -2.11. The zero-order valence-corrected chi connectivity index (χ0v) is 9.58. The zero-order valence-electron chi connectivity index (χ0n) is 7.99. The predicted molar refractivity (Wildman–Crippen MR) is 57.9 cm³/mol. The van der Waals surface area contributed by atoms with Gasteiger partial charge in [-0.1, -0.05) is 27.6 Å². The van der Waals surface area contributed by atoms with Gasteiger partial charge in [0.2, 0.25) is 0 Å². The van der Waals surface area contributed by atoms with Gasteiger partial charge in [-0.25, -0.2) is 0 Å². The van der Waals surface area contributed by atoms with Crippen LogP contribution in [0.1, 0.15) is 15.9 Å². The van der Waals surface area contributed by atoms with Gasteiger partial charge in [0, 0.05) is 10.0 Å². The van der Waals surface area contributed by atoms with Crippen molar-refractivity contribution < 1.29 is 4.79 Å². The monoisotopic (exact) mass is 262 g/mol. The Balaban J connectivity index is 3.18. The fraction of sp³-hybridized carbons (Fsp3) is 0.182. The number of hydrogen-bond donors (Lipinski definition) is 0. The molecule has 1 rings (SSSR count). The third-order valence-corrected chi connectivity index (χ3v) is 2.60. The van der Waals surface area contributed by atoms with Gasteiger partial charge in [0.05, 0.1) is 12.1 Å². The van der Waals surface area contributed by atoms with E-state index in [0.29, 0.717) is 10.0 Å². The molecule has 1 aromatic carbocycles. The van der Waals surface area contributed by atoms with Crippen molar-refractivity contribution in [3.05, 3.63) is 33.8 Å². The number of carbonyl (C=O) groups is 1. The van der Waals surface area contributed by atoms with Gasteiger partial charge in [0.1, 0.15) is 0 Å². The molecule has 3 nitrogen and oxygen atoms in total. The highest BCUT2D eigenvalue weighted by molar-refractivity contribution is 9.10. The van der Waals surface area contributed by atoms with Gasteiger partial charge in [-0.05, 0) is 19.1 Å². The molecule has 0 saturated heterocycles. The van der Waals surface area contributed by atoms with Crippen LogP contribution in [-0.4, -0.2) is 5.78 Å². The van der Waals surface area contributed by atoms with Gasteiger partial charge in [-0.3, -0.25) is 4.79 Å². The van der Waals surface area contributed by atoms with Crippen molar-refractivity contribution in [1.82, 2.24) is 0 Å². The summed E-state index contributed by atoms with van der Waals surface area (Å²) in [6.07, 6.45) is 0. The number of nitrogens with zero attached hydrogens (tertiary/aromatic N) is 2. The standard InChI is InChI=1S/C11H7BrN2O/c1-7-2-3-10(12)9(4-7)11(15)8(5-13)6-14/h2-4,8H,1H3. The largest absolute Gasteiger partial charge is 0.291 e. The highest BCUT2D eigenvalue weighted by Gasteiger charge is 2.21. The van der Waals surface area contributed by atoms with E-state index in [-0.39, 0.29) is 0 Å². The molecule has 0 aromatic heterocycles. The second-order valence-electron chi connectivity index (χ2n) is 3.04. The van der Waals surface area contributed by atoms with Gasteiger partial charge in [0.15, 0.2) is 11.7 Å². The van der Waals surface area contributed by atoms with Crippen molar-refractivity contribution in [2.24, 2.45) is 5.92 Å². The Labute approximate surface area is 96.1 Å². The number of Topliss-reactive ketones (excluding diaryl/α,β-unsaturated/α-hetero) is 1. The van der Waals surface area contributed by atoms with E-state index >= 15 is 0 Å². The number of carbonyl (C=O) groups excluding carboxylic acids is 1. The molecule has 0 fully saturated rings. The van der Waals surface area contributed by atoms with E-state index in [1.165, 1.54) is 0 Å². The number of hydrogen-bond acceptors (Lipinski definition) is 3. The second kappa shape index (κ2) is 4.72. The topological polar surface area (TPSA) is 64.7 Å². The summed E-state index contributed by atoms with van der Waals surface area (Å²) in [6, 6.07) is 8.56. The Hall–Kier alpha value is -1.65. The highest BCUT2D eigenvalue weighted by atomic mass is 79.9. The summed E-state index contributed by atoms with van der Waals surface area (Å²) in [5.74, 6) is -1.70. The molecule has 0 spiro atoms. The molecule has 0 aliphatic heterocycles. The molecular weight excluding hydrogens is 256 g/mol. The number of ketones is 1. The Morgan fingerprint density at radius 2 is 2.00 bits per heavy atom. The van der Waals surface area contributed by atoms with Gasteiger partial charge in [-0.15, -0.1) is 0 Å². The Bertz CT molecular complexity index is 468. The van der Waals surface area contributed by atoms with E-state index in [2.05, 4.69) is 15.9 Å². The zero-order chi connectivity index (χ0) is 11.4. The van der Waals surface area contributed by atoms with Crippen molar-refractivity contribution in [3.8, 4) is 12.1 Å². The predicted octanol–water partition coefficient (Wildman–Crippen LogP) is 2.60. The van der Waals surface area contributed by atoms with Crippen molar-refractivity contribution in [2.45, 2.75) is 6.92 Å². The lowest BCUT2D eigenvalue weighted by molar-refractivity contribution is 0.0970. The molecule has 0 unspecified atom stereocenters. The van der Waals surface area contributed by atoms with E-state index in [9.17, 15) is 4.79 Å². The van der Waals surface area contributed by atoms with Gasteiger partial charge >= 0.3 is 0 Å². The quantitative estimate of drug-likeness (QED) is 0.770. The normalized spacial score (nSPS) is 9.40. The summed E-state index contributed by atoms with van der Waals surface area (Å²) in [5.41, 5.74) is 1.29. The van der Waals surface area contributed by atoms with Crippen LogP contribution in [-0.2, 0) is 0 Å². The molecule has 0 heterocycles. The molecular formula is C11H7BrN2O. The maximum atomic E-state index is 11.7. The van der Waals surface area contributed by atoms with Crippen LogP contribution >= 0.6 is 15.9 Å². The number of nitriles is 2. The molecule has 4 heteroatoms. The molecule has 0 atom stereocenters. The summed E-state index contributed by atoms with van der Waals surface area (Å²) < 4.78 is 0.605. The first kappa shape index (κ1) is 11.4. The molecule has 74 valence electrons. The van der Waals surface area contributed by atoms with Crippen molar-refractivity contribution in [2.75, 3.05) is 0 Å². The first-order valence-corrected chi connectivity index (χ1v) is 4.99. The summed E-state index contributed by atoms with van der Waals surface area (Å²) in [6.45, 7) is 1.84. The van der Waals surface area contributed by atoms with E-state index in [0.717, 1.165) is 5.56 Å². The minimum absolute atomic E-state index is 0.378. The number of halogens is 1. The van der Waals surface area contributed by atoms with Crippen molar-refractivity contribution >= 4 is 21.7 Å². The van der Waals surface area contributed by atoms with Gasteiger partial charge in [0.25, 0.3) is 0 Å². The molecule has 0 N–H and O–H groups in total. The van der Waals surface area contributed by atoms with Crippen LogP contribution in [0.25, 0.3) is 0 Å². The van der Waals surface area contributed by atoms with Crippen LogP contribution in [0, 0.1) is 35.5 Å². The van der Waals surface area contributed by atoms with Crippen LogP contribution < -0.4 is 0 Å². The molecule has 0 amide bonds. The maximum absolute atomic E-state index is 11.7. The van der Waals surface area contributed by atoms with Crippen molar-refractivity contribution in [1.29, 1.82) is 10.5 Å². The van der Waals surface area contributed by atoms with Crippen LogP contribution in [0.5, 0.6) is 0 Å². The van der Waals surface area contributed by atoms with Crippen LogP contribution in [0.4, 0.5) is 0 Å². The Kier molecular flexibility index (Phi) is 3.60. The molecule has 1 aromatic rings. The lowest BCUT2D eigenvalue weighted by Gasteiger charge is -2.04. The molecule has 0 aliphatic carbocycles. The first-order chi connectivity index (χ1) is 7.10. The van der Waals surface area contributed by atoms with E-state index < -0.39 is 11.7 Å². The Morgan fingerprint density at radius 1 is 1.40 bits per heavy atom. The number of rotatable bonds is 2. The average Bonchev–Trinajstić information content (AvgIpc) is 2.23. The van der Waals surface area contributed by atoms with Crippen LogP contribution in [0.2, 0.25) is 0 Å². The minimum Gasteiger partial charge on any atom is -0.291 e. The average molecular weight is 263 g/mol. The third-order valence-electron chi connectivity index (χ3n) is 1.91. The smallest absolute Gasteiger partial charge is 0.195 e. The lowest BCUT2D eigenvalue weighted by atomic mass is 9.99.